The van der Waals surface area contributed by atoms with E-state index in [0.717, 1.165) is 5.32 Å². The molecule has 1 saturated heterocycles. The fourth-order valence-corrected chi connectivity index (χ4v) is 2.49. The molecule has 11 heteroatoms. The quantitative estimate of drug-likeness (QED) is 0.596. The van der Waals surface area contributed by atoms with Crippen LogP contribution in [0.2, 0.25) is 0 Å². The Kier molecular flexibility index (Phi) is 6.59. The second-order valence-electron chi connectivity index (χ2n) is 6.14. The summed E-state index contributed by atoms with van der Waals surface area (Å²) in [6.45, 7) is 5.66. The number of halogens is 6. The van der Waals surface area contributed by atoms with Gasteiger partial charge in [-0.05, 0) is 13.3 Å². The molecule has 150 valence electrons. The van der Waals surface area contributed by atoms with Crippen molar-refractivity contribution in [3.05, 3.63) is 12.4 Å². The molecular formula is C15H21F6N3O2. The Bertz CT molecular complexity index is 545. The van der Waals surface area contributed by atoms with Crippen LogP contribution < -0.4 is 5.32 Å². The lowest BCUT2D eigenvalue weighted by Gasteiger charge is -2.29. The predicted octanol–water partition coefficient (Wildman–Crippen LogP) is 3.00. The summed E-state index contributed by atoms with van der Waals surface area (Å²) in [4.78, 5) is 25.7. The number of carbonyl (C=O) groups excluding carboxylic acids is 2. The van der Waals surface area contributed by atoms with Gasteiger partial charge in [-0.1, -0.05) is 13.3 Å². The van der Waals surface area contributed by atoms with E-state index in [1.165, 1.54) is 19.4 Å². The molecular weight excluding hydrogens is 368 g/mol. The summed E-state index contributed by atoms with van der Waals surface area (Å²) in [7, 11) is 2.12. The Morgan fingerprint density at radius 3 is 1.96 bits per heavy atom. The Morgan fingerprint density at radius 1 is 1.15 bits per heavy atom. The molecule has 2 aliphatic heterocycles. The number of unbranched alkanes of at least 4 members (excludes halogenated alkanes) is 1. The molecule has 1 fully saturated rings. The van der Waals surface area contributed by atoms with Crippen molar-refractivity contribution in [3.8, 4) is 0 Å². The maximum Gasteiger partial charge on any atom is 0.412 e. The number of imide groups is 1. The van der Waals surface area contributed by atoms with Crippen LogP contribution in [0.15, 0.2) is 12.4 Å². The van der Waals surface area contributed by atoms with Gasteiger partial charge in [0.05, 0.1) is 12.6 Å². The molecule has 1 atom stereocenters. The van der Waals surface area contributed by atoms with Crippen LogP contribution in [0.5, 0.6) is 0 Å². The zero-order valence-corrected chi connectivity index (χ0v) is 14.5. The van der Waals surface area contributed by atoms with Crippen LogP contribution in [0, 0.1) is 5.41 Å². The molecule has 0 aromatic rings. The first-order chi connectivity index (χ1) is 11.8. The average molecular weight is 389 g/mol. The maximum absolute atomic E-state index is 12.2. The summed E-state index contributed by atoms with van der Waals surface area (Å²) in [6.07, 6.45) is -6.19. The molecule has 1 N–H and O–H groups in total. The van der Waals surface area contributed by atoms with E-state index < -0.39 is 36.0 Å². The third-order valence-electron chi connectivity index (χ3n) is 4.37. The van der Waals surface area contributed by atoms with E-state index in [0.29, 0.717) is 6.17 Å². The number of alkyl halides is 6. The molecule has 0 bridgehead atoms. The highest BCUT2D eigenvalue weighted by molar-refractivity contribution is 6.06. The lowest BCUT2D eigenvalue weighted by molar-refractivity contribution is -0.320. The summed E-state index contributed by atoms with van der Waals surface area (Å²) in [6, 6.07) is 0. The van der Waals surface area contributed by atoms with Gasteiger partial charge in [-0.2, -0.15) is 26.3 Å². The Morgan fingerprint density at radius 2 is 1.69 bits per heavy atom. The summed E-state index contributed by atoms with van der Waals surface area (Å²) >= 11 is 0. The molecule has 26 heavy (non-hydrogen) atoms. The number of rotatable bonds is 3. The standard InChI is InChI=1S/C9H18N2.C6H3F6NO2/c1-4-5-6-11-8-7-10(3)9(11)2;7-5(8,9)4(6(10,11)12)1-2(14)13-3(4)15/h7-9H,4-6H2,1-3H3;1H2,(H,13,14,15). The minimum Gasteiger partial charge on any atom is -0.359 e. The highest BCUT2D eigenvalue weighted by Gasteiger charge is 2.78. The smallest absolute Gasteiger partial charge is 0.359 e. The van der Waals surface area contributed by atoms with Crippen LogP contribution in [-0.2, 0) is 9.59 Å². The van der Waals surface area contributed by atoms with Crippen molar-refractivity contribution in [1.29, 1.82) is 0 Å². The highest BCUT2D eigenvalue weighted by Crippen LogP contribution is 2.54. The SMILES string of the molecule is CCCCN1C=CN(C)C1C.O=C1CC(C(F)(F)F)(C(F)(F)F)C(=O)N1. The minimum absolute atomic E-state index is 0.557. The molecule has 0 aliphatic carbocycles. The molecule has 2 rings (SSSR count). The summed E-state index contributed by atoms with van der Waals surface area (Å²) in [5, 5.41) is 1.00. The zero-order chi connectivity index (χ0) is 20.3. The summed E-state index contributed by atoms with van der Waals surface area (Å²) < 4.78 is 73.2. The van der Waals surface area contributed by atoms with Gasteiger partial charge in [-0.25, -0.2) is 0 Å². The van der Waals surface area contributed by atoms with Crippen LogP contribution in [0.3, 0.4) is 0 Å². The largest absolute Gasteiger partial charge is 0.412 e. The molecule has 0 radical (unpaired) electrons. The Labute approximate surface area is 147 Å². The van der Waals surface area contributed by atoms with Gasteiger partial charge in [0.25, 0.3) is 5.91 Å². The second kappa shape index (κ2) is 7.75. The predicted molar refractivity (Wildman–Crippen MR) is 80.3 cm³/mol. The third-order valence-corrected chi connectivity index (χ3v) is 4.37. The Hall–Kier alpha value is -1.94. The van der Waals surface area contributed by atoms with Crippen molar-refractivity contribution < 1.29 is 35.9 Å². The van der Waals surface area contributed by atoms with E-state index in [4.69, 9.17) is 0 Å². The van der Waals surface area contributed by atoms with Crippen LogP contribution in [0.25, 0.3) is 0 Å². The lowest BCUT2D eigenvalue weighted by atomic mass is 9.84. The van der Waals surface area contributed by atoms with Crippen molar-refractivity contribution >= 4 is 11.8 Å². The van der Waals surface area contributed by atoms with Crippen LogP contribution in [0.4, 0.5) is 26.3 Å². The van der Waals surface area contributed by atoms with Crippen LogP contribution in [0.1, 0.15) is 33.1 Å². The number of carbonyl (C=O) groups is 2. The van der Waals surface area contributed by atoms with Crippen LogP contribution in [-0.4, -0.2) is 53.7 Å². The molecule has 5 nitrogen and oxygen atoms in total. The fraction of sp³-hybridized carbons (Fsp3) is 0.733. The number of nitrogens with zero attached hydrogens (tertiary/aromatic N) is 2. The first-order valence-electron chi connectivity index (χ1n) is 7.91. The van der Waals surface area contributed by atoms with Crippen molar-refractivity contribution in [2.45, 2.75) is 51.6 Å². The second-order valence-corrected chi connectivity index (χ2v) is 6.14. The molecule has 0 aromatic heterocycles. The molecule has 2 aliphatic rings. The molecule has 2 amide bonds. The Balaban J connectivity index is 0.000000273. The van der Waals surface area contributed by atoms with Gasteiger partial charge >= 0.3 is 12.4 Å². The maximum atomic E-state index is 12.2. The van der Waals surface area contributed by atoms with Gasteiger partial charge in [-0.15, -0.1) is 0 Å². The van der Waals surface area contributed by atoms with Gasteiger partial charge < -0.3 is 9.80 Å². The van der Waals surface area contributed by atoms with Crippen molar-refractivity contribution in [3.63, 3.8) is 0 Å². The van der Waals surface area contributed by atoms with Gasteiger partial charge in [0.2, 0.25) is 11.3 Å². The number of amides is 2. The van der Waals surface area contributed by atoms with Crippen molar-refractivity contribution in [2.24, 2.45) is 5.41 Å². The fourth-order valence-electron chi connectivity index (χ4n) is 2.49. The lowest BCUT2D eigenvalue weighted by Crippen LogP contribution is -2.54. The number of hydrogen-bond acceptors (Lipinski definition) is 4. The van der Waals surface area contributed by atoms with E-state index in [2.05, 4.69) is 43.1 Å². The highest BCUT2D eigenvalue weighted by atomic mass is 19.4. The molecule has 0 saturated carbocycles. The first kappa shape index (κ1) is 22.1. The number of nitrogens with one attached hydrogen (secondary N) is 1. The minimum atomic E-state index is -5.85. The van der Waals surface area contributed by atoms with Gasteiger partial charge in [-0.3, -0.25) is 14.9 Å². The average Bonchev–Trinajstić information content (AvgIpc) is 2.97. The van der Waals surface area contributed by atoms with E-state index in [1.54, 1.807) is 0 Å². The van der Waals surface area contributed by atoms with Crippen molar-refractivity contribution in [2.75, 3.05) is 13.6 Å². The van der Waals surface area contributed by atoms with Crippen LogP contribution >= 0.6 is 0 Å². The summed E-state index contributed by atoms with van der Waals surface area (Å²) in [5.74, 6) is -3.96. The van der Waals surface area contributed by atoms with E-state index in [9.17, 15) is 35.9 Å². The zero-order valence-electron chi connectivity index (χ0n) is 14.5. The van der Waals surface area contributed by atoms with Gasteiger partial charge in [0.1, 0.15) is 0 Å². The molecule has 2 heterocycles. The van der Waals surface area contributed by atoms with Gasteiger partial charge in [0.15, 0.2) is 0 Å². The normalized spacial score (nSPS) is 22.4. The van der Waals surface area contributed by atoms with Gasteiger partial charge in [0, 0.05) is 26.0 Å². The van der Waals surface area contributed by atoms with Crippen molar-refractivity contribution in [1.82, 2.24) is 15.1 Å². The molecule has 1 unspecified atom stereocenters. The summed E-state index contributed by atoms with van der Waals surface area (Å²) in [5.41, 5.74) is -4.60. The third kappa shape index (κ3) is 4.24. The number of hydrogen-bond donors (Lipinski definition) is 1. The molecule has 0 spiro atoms. The van der Waals surface area contributed by atoms with E-state index >= 15 is 0 Å². The first-order valence-corrected chi connectivity index (χ1v) is 7.91. The monoisotopic (exact) mass is 389 g/mol. The van der Waals surface area contributed by atoms with E-state index in [-0.39, 0.29) is 0 Å². The van der Waals surface area contributed by atoms with E-state index in [1.807, 2.05) is 0 Å². The topological polar surface area (TPSA) is 52.7 Å². The molecule has 0 aromatic carbocycles.